The van der Waals surface area contributed by atoms with Gasteiger partial charge in [0.25, 0.3) is 5.91 Å². The molecule has 2 aromatic heterocycles. The number of hydrogen-bond acceptors (Lipinski definition) is 6. The van der Waals surface area contributed by atoms with Gasteiger partial charge in [-0.25, -0.2) is 9.97 Å². The van der Waals surface area contributed by atoms with E-state index in [0.717, 1.165) is 39.5 Å². The molecule has 7 heteroatoms. The maximum absolute atomic E-state index is 12.9. The van der Waals surface area contributed by atoms with E-state index in [1.807, 2.05) is 66.7 Å². The van der Waals surface area contributed by atoms with Crippen LogP contribution in [-0.2, 0) is 6.42 Å². The second-order valence-corrected chi connectivity index (χ2v) is 9.47. The van der Waals surface area contributed by atoms with Gasteiger partial charge in [-0.1, -0.05) is 85.8 Å². The van der Waals surface area contributed by atoms with Crippen LogP contribution in [0.4, 0.5) is 5.13 Å². The lowest BCUT2D eigenvalue weighted by molar-refractivity contribution is 0.102. The Morgan fingerprint density at radius 1 is 0.824 bits per heavy atom. The molecule has 0 saturated carbocycles. The van der Waals surface area contributed by atoms with E-state index in [2.05, 4.69) is 29.4 Å². The van der Waals surface area contributed by atoms with Gasteiger partial charge < -0.3 is 0 Å². The molecule has 0 radical (unpaired) electrons. The van der Waals surface area contributed by atoms with Gasteiger partial charge in [-0.2, -0.15) is 0 Å². The molecule has 0 aliphatic heterocycles. The number of hydrogen-bond donors (Lipinski definition) is 1. The van der Waals surface area contributed by atoms with Gasteiger partial charge in [0.2, 0.25) is 5.13 Å². The molecule has 6 nitrogen and oxygen atoms in total. The Morgan fingerprint density at radius 2 is 1.44 bits per heavy atom. The summed E-state index contributed by atoms with van der Waals surface area (Å²) in [5.41, 5.74) is 5.42. The zero-order chi connectivity index (χ0) is 23.5. The van der Waals surface area contributed by atoms with Gasteiger partial charge >= 0.3 is 0 Å². The summed E-state index contributed by atoms with van der Waals surface area (Å²) >= 11 is 1.40. The third-order valence-electron chi connectivity index (χ3n) is 5.29. The van der Waals surface area contributed by atoms with Crippen molar-refractivity contribution in [1.29, 1.82) is 0 Å². The Labute approximate surface area is 201 Å². The third kappa shape index (κ3) is 4.70. The van der Waals surface area contributed by atoms with E-state index in [1.165, 1.54) is 11.3 Å². The molecule has 0 aliphatic carbocycles. The van der Waals surface area contributed by atoms with Crippen molar-refractivity contribution in [3.63, 3.8) is 0 Å². The lowest BCUT2D eigenvalue weighted by atomic mass is 10.0. The van der Waals surface area contributed by atoms with Crippen molar-refractivity contribution < 1.29 is 4.79 Å². The normalized spacial score (nSPS) is 11.1. The SMILES string of the molecule is CC(C)Cc1nnc(NC(=O)c2ccc3nc(-c4ccccc4)c(-c4ccccc4)nc3c2)s1. The van der Waals surface area contributed by atoms with Gasteiger partial charge in [0.05, 0.1) is 22.4 Å². The Morgan fingerprint density at radius 3 is 2.06 bits per heavy atom. The summed E-state index contributed by atoms with van der Waals surface area (Å²) in [5.74, 6) is 0.236. The molecular weight excluding hydrogens is 442 g/mol. The maximum Gasteiger partial charge on any atom is 0.257 e. The molecule has 0 aliphatic rings. The van der Waals surface area contributed by atoms with Gasteiger partial charge in [-0.3, -0.25) is 10.1 Å². The molecule has 0 bridgehead atoms. The first-order valence-electron chi connectivity index (χ1n) is 11.1. The highest BCUT2D eigenvalue weighted by Gasteiger charge is 2.16. The Bertz CT molecular complexity index is 1450. The van der Waals surface area contributed by atoms with Crippen LogP contribution < -0.4 is 5.32 Å². The summed E-state index contributed by atoms with van der Waals surface area (Å²) in [6, 6.07) is 25.4. The van der Waals surface area contributed by atoms with Gasteiger partial charge in [-0.15, -0.1) is 10.2 Å². The lowest BCUT2D eigenvalue weighted by Crippen LogP contribution is -2.11. The Hall–Kier alpha value is -3.97. The van der Waals surface area contributed by atoms with Crippen LogP contribution in [0, 0.1) is 5.92 Å². The molecule has 5 rings (SSSR count). The van der Waals surface area contributed by atoms with Crippen molar-refractivity contribution >= 4 is 33.4 Å². The largest absolute Gasteiger partial charge is 0.296 e. The molecule has 2 heterocycles. The van der Waals surface area contributed by atoms with Gasteiger partial charge in [-0.05, 0) is 24.1 Å². The number of carbonyl (C=O) groups is 1. The highest BCUT2D eigenvalue weighted by molar-refractivity contribution is 7.15. The predicted octanol–water partition coefficient (Wildman–Crippen LogP) is 6.27. The molecule has 0 unspecified atom stereocenters. The molecule has 0 saturated heterocycles. The summed E-state index contributed by atoms with van der Waals surface area (Å²) < 4.78 is 0. The number of benzene rings is 3. The highest BCUT2D eigenvalue weighted by atomic mass is 32.1. The van der Waals surface area contributed by atoms with Crippen molar-refractivity contribution in [2.24, 2.45) is 5.92 Å². The zero-order valence-electron chi connectivity index (χ0n) is 18.9. The smallest absolute Gasteiger partial charge is 0.257 e. The molecule has 5 aromatic rings. The van der Waals surface area contributed by atoms with Gasteiger partial charge in [0, 0.05) is 23.1 Å². The summed E-state index contributed by atoms with van der Waals surface area (Å²) in [6.45, 7) is 4.26. The number of rotatable bonds is 6. The maximum atomic E-state index is 12.9. The Kier molecular flexibility index (Phi) is 6.10. The average Bonchev–Trinajstić information content (AvgIpc) is 3.29. The van der Waals surface area contributed by atoms with Crippen molar-refractivity contribution in [1.82, 2.24) is 20.2 Å². The first kappa shape index (κ1) is 21.9. The lowest BCUT2D eigenvalue weighted by Gasteiger charge is -2.11. The van der Waals surface area contributed by atoms with E-state index >= 15 is 0 Å². The molecule has 1 amide bonds. The van der Waals surface area contributed by atoms with Crippen LogP contribution in [0.3, 0.4) is 0 Å². The summed E-state index contributed by atoms with van der Waals surface area (Å²) in [5, 5.41) is 12.5. The summed E-state index contributed by atoms with van der Waals surface area (Å²) in [6.07, 6.45) is 0.838. The van der Waals surface area contributed by atoms with Crippen LogP contribution in [0.15, 0.2) is 78.9 Å². The van der Waals surface area contributed by atoms with E-state index in [-0.39, 0.29) is 5.91 Å². The minimum atomic E-state index is -0.246. The van der Waals surface area contributed by atoms with Crippen molar-refractivity contribution in [3.05, 3.63) is 89.4 Å². The third-order valence-corrected chi connectivity index (χ3v) is 6.15. The minimum Gasteiger partial charge on any atom is -0.296 e. The fourth-order valence-corrected chi connectivity index (χ4v) is 4.64. The number of anilines is 1. The van der Waals surface area contributed by atoms with Crippen molar-refractivity contribution in [2.75, 3.05) is 5.32 Å². The van der Waals surface area contributed by atoms with E-state index in [1.54, 1.807) is 12.1 Å². The van der Waals surface area contributed by atoms with Crippen LogP contribution in [0.25, 0.3) is 33.5 Å². The van der Waals surface area contributed by atoms with E-state index in [0.29, 0.717) is 22.1 Å². The van der Waals surface area contributed by atoms with Crippen LogP contribution in [0.1, 0.15) is 29.2 Å². The summed E-state index contributed by atoms with van der Waals surface area (Å²) in [4.78, 5) is 22.8. The molecule has 0 spiro atoms. The van der Waals surface area contributed by atoms with E-state index in [4.69, 9.17) is 9.97 Å². The second kappa shape index (κ2) is 9.49. The molecule has 34 heavy (non-hydrogen) atoms. The predicted molar refractivity (Wildman–Crippen MR) is 137 cm³/mol. The molecular formula is C27H23N5OS. The van der Waals surface area contributed by atoms with E-state index < -0.39 is 0 Å². The molecule has 0 fully saturated rings. The first-order valence-corrected chi connectivity index (χ1v) is 11.9. The monoisotopic (exact) mass is 465 g/mol. The number of aromatic nitrogens is 4. The molecule has 3 aromatic carbocycles. The van der Waals surface area contributed by atoms with Crippen molar-refractivity contribution in [3.8, 4) is 22.5 Å². The Balaban J connectivity index is 1.51. The quantitative estimate of drug-likeness (QED) is 0.320. The van der Waals surface area contributed by atoms with Gasteiger partial charge in [0.15, 0.2) is 0 Å². The molecule has 0 atom stereocenters. The standard InChI is InChI=1S/C27H23N5OS/c1-17(2)15-23-31-32-27(34-23)30-26(33)20-13-14-21-22(16-20)29-25(19-11-7-4-8-12-19)24(28-21)18-9-5-3-6-10-18/h3-14,16-17H,15H2,1-2H3,(H,30,32,33). The second-order valence-electron chi connectivity index (χ2n) is 8.41. The van der Waals surface area contributed by atoms with Crippen LogP contribution in [0.5, 0.6) is 0 Å². The minimum absolute atomic E-state index is 0.246. The number of nitrogens with one attached hydrogen (secondary N) is 1. The van der Waals surface area contributed by atoms with Crippen molar-refractivity contribution in [2.45, 2.75) is 20.3 Å². The van der Waals surface area contributed by atoms with Gasteiger partial charge in [0.1, 0.15) is 5.01 Å². The fraction of sp³-hybridized carbons (Fsp3) is 0.148. The van der Waals surface area contributed by atoms with E-state index in [9.17, 15) is 4.79 Å². The number of amides is 1. The van der Waals surface area contributed by atoms with Crippen LogP contribution in [0.2, 0.25) is 0 Å². The fourth-order valence-electron chi connectivity index (χ4n) is 3.70. The first-order chi connectivity index (χ1) is 16.6. The highest BCUT2D eigenvalue weighted by Crippen LogP contribution is 2.31. The topological polar surface area (TPSA) is 80.7 Å². The average molecular weight is 466 g/mol. The molecule has 1 N–H and O–H groups in total. The van der Waals surface area contributed by atoms with Crippen LogP contribution in [-0.4, -0.2) is 26.1 Å². The number of carbonyl (C=O) groups excluding carboxylic acids is 1. The zero-order valence-corrected chi connectivity index (χ0v) is 19.7. The number of fused-ring (bicyclic) bond motifs is 1. The number of nitrogens with zero attached hydrogens (tertiary/aromatic N) is 4. The summed E-state index contributed by atoms with van der Waals surface area (Å²) in [7, 11) is 0. The van der Waals surface area contributed by atoms with Crippen LogP contribution >= 0.6 is 11.3 Å². The molecule has 168 valence electrons.